The number of aryl methyl sites for hydroxylation is 2. The van der Waals surface area contributed by atoms with Gasteiger partial charge in [-0.2, -0.15) is 0 Å². The molecule has 1 aromatic carbocycles. The summed E-state index contributed by atoms with van der Waals surface area (Å²) in [5, 5.41) is 8.97. The van der Waals surface area contributed by atoms with Gasteiger partial charge in [0.05, 0.1) is 5.92 Å². The second kappa shape index (κ2) is 5.68. The van der Waals surface area contributed by atoms with Gasteiger partial charge in [0.1, 0.15) is 0 Å². The van der Waals surface area contributed by atoms with Gasteiger partial charge in [-0.1, -0.05) is 12.1 Å². The molecule has 0 aromatic heterocycles. The van der Waals surface area contributed by atoms with Gasteiger partial charge >= 0.3 is 5.97 Å². The molecule has 1 aliphatic carbocycles. The van der Waals surface area contributed by atoms with Crippen LogP contribution in [0.25, 0.3) is 0 Å². The summed E-state index contributed by atoms with van der Waals surface area (Å²) >= 11 is 0. The van der Waals surface area contributed by atoms with Crippen LogP contribution in [-0.4, -0.2) is 48.7 Å². The lowest BCUT2D eigenvalue weighted by molar-refractivity contribution is -0.138. The number of carboxylic acids is 1. The summed E-state index contributed by atoms with van der Waals surface area (Å²) in [6.45, 7) is 9.41. The predicted octanol–water partition coefficient (Wildman–Crippen LogP) is 2.15. The molecule has 0 bridgehead atoms. The first-order valence-corrected chi connectivity index (χ1v) is 7.82. The number of anilines is 1. The molecule has 1 aromatic rings. The zero-order chi connectivity index (χ0) is 15.0. The molecule has 1 N–H and O–H groups in total. The predicted molar refractivity (Wildman–Crippen MR) is 83.8 cm³/mol. The van der Waals surface area contributed by atoms with Gasteiger partial charge in [-0.3, -0.25) is 9.69 Å². The van der Waals surface area contributed by atoms with Crippen molar-refractivity contribution in [3.63, 3.8) is 0 Å². The number of benzene rings is 1. The number of piperazine rings is 1. The topological polar surface area (TPSA) is 43.8 Å². The van der Waals surface area contributed by atoms with E-state index in [0.29, 0.717) is 5.92 Å². The summed E-state index contributed by atoms with van der Waals surface area (Å²) in [5.74, 6) is -0.314. The Morgan fingerprint density at radius 1 is 1.24 bits per heavy atom. The molecule has 0 unspecified atom stereocenters. The minimum atomic E-state index is -0.617. The van der Waals surface area contributed by atoms with Crippen LogP contribution in [0.1, 0.15) is 17.5 Å². The Hall–Kier alpha value is -1.55. The minimum Gasteiger partial charge on any atom is -0.481 e. The van der Waals surface area contributed by atoms with Crippen molar-refractivity contribution in [1.29, 1.82) is 0 Å². The largest absolute Gasteiger partial charge is 0.481 e. The molecule has 2 fully saturated rings. The van der Waals surface area contributed by atoms with Crippen LogP contribution in [-0.2, 0) is 4.79 Å². The number of carboxylic acid groups (broad SMARTS) is 1. The normalized spacial score (nSPS) is 25.9. The Bertz CT molecular complexity index is 536. The number of rotatable bonds is 4. The van der Waals surface area contributed by atoms with Crippen molar-refractivity contribution in [1.82, 2.24) is 4.90 Å². The third-order valence-corrected chi connectivity index (χ3v) is 4.81. The number of carbonyl (C=O) groups is 1. The van der Waals surface area contributed by atoms with E-state index >= 15 is 0 Å². The third-order valence-electron chi connectivity index (χ3n) is 4.81. The van der Waals surface area contributed by atoms with Crippen molar-refractivity contribution < 1.29 is 9.90 Å². The van der Waals surface area contributed by atoms with Crippen molar-refractivity contribution in [2.24, 2.45) is 11.8 Å². The molecule has 1 saturated heterocycles. The highest BCUT2D eigenvalue weighted by Crippen LogP contribution is 2.39. The van der Waals surface area contributed by atoms with E-state index in [4.69, 9.17) is 5.11 Å². The summed E-state index contributed by atoms with van der Waals surface area (Å²) in [4.78, 5) is 15.8. The molecule has 1 aliphatic heterocycles. The fourth-order valence-corrected chi connectivity index (χ4v) is 3.31. The maximum atomic E-state index is 10.9. The zero-order valence-electron chi connectivity index (χ0n) is 12.9. The maximum Gasteiger partial charge on any atom is 0.306 e. The zero-order valence-corrected chi connectivity index (χ0v) is 12.9. The second-order valence-electron chi connectivity index (χ2n) is 6.52. The van der Waals surface area contributed by atoms with E-state index in [1.54, 1.807) is 0 Å². The first-order valence-electron chi connectivity index (χ1n) is 7.82. The van der Waals surface area contributed by atoms with Gasteiger partial charge in [-0.15, -0.1) is 0 Å². The van der Waals surface area contributed by atoms with Crippen molar-refractivity contribution in [3.8, 4) is 0 Å². The Kier molecular flexibility index (Phi) is 3.89. The lowest BCUT2D eigenvalue weighted by Gasteiger charge is -2.37. The Morgan fingerprint density at radius 2 is 1.95 bits per heavy atom. The summed E-state index contributed by atoms with van der Waals surface area (Å²) < 4.78 is 0. The Balaban J connectivity index is 1.53. The molecule has 0 spiro atoms. The van der Waals surface area contributed by atoms with Gasteiger partial charge in [-0.05, 0) is 43.4 Å². The lowest BCUT2D eigenvalue weighted by Crippen LogP contribution is -2.47. The van der Waals surface area contributed by atoms with E-state index in [9.17, 15) is 4.79 Å². The van der Waals surface area contributed by atoms with Gasteiger partial charge in [0.2, 0.25) is 0 Å². The minimum absolute atomic E-state index is 0.0814. The fourth-order valence-electron chi connectivity index (χ4n) is 3.31. The highest BCUT2D eigenvalue weighted by Gasteiger charge is 2.44. The quantitative estimate of drug-likeness (QED) is 0.922. The molecule has 1 saturated carbocycles. The summed E-state index contributed by atoms with van der Waals surface area (Å²) in [6.07, 6.45) is 0.868. The van der Waals surface area contributed by atoms with E-state index in [0.717, 1.165) is 39.1 Å². The molecule has 4 heteroatoms. The van der Waals surface area contributed by atoms with Gasteiger partial charge in [-0.25, -0.2) is 0 Å². The molecule has 0 radical (unpaired) electrons. The maximum absolute atomic E-state index is 10.9. The first-order chi connectivity index (χ1) is 10.0. The smallest absolute Gasteiger partial charge is 0.306 e. The number of nitrogens with zero attached hydrogens (tertiary/aromatic N) is 2. The van der Waals surface area contributed by atoms with Gasteiger partial charge in [0.15, 0.2) is 0 Å². The van der Waals surface area contributed by atoms with E-state index in [1.807, 2.05) is 0 Å². The van der Waals surface area contributed by atoms with Crippen LogP contribution in [0.2, 0.25) is 0 Å². The van der Waals surface area contributed by atoms with E-state index in [-0.39, 0.29) is 5.92 Å². The highest BCUT2D eigenvalue weighted by atomic mass is 16.4. The Morgan fingerprint density at radius 3 is 2.57 bits per heavy atom. The second-order valence-corrected chi connectivity index (χ2v) is 6.52. The van der Waals surface area contributed by atoms with Crippen LogP contribution in [0, 0.1) is 25.7 Å². The van der Waals surface area contributed by atoms with E-state index in [1.165, 1.54) is 16.8 Å². The summed E-state index contributed by atoms with van der Waals surface area (Å²) in [7, 11) is 0. The molecular formula is C17H24N2O2. The van der Waals surface area contributed by atoms with Gasteiger partial charge in [0.25, 0.3) is 0 Å². The highest BCUT2D eigenvalue weighted by molar-refractivity contribution is 5.73. The van der Waals surface area contributed by atoms with E-state index < -0.39 is 5.97 Å². The van der Waals surface area contributed by atoms with Crippen LogP contribution in [0.15, 0.2) is 18.2 Å². The van der Waals surface area contributed by atoms with Gasteiger partial charge in [0, 0.05) is 38.4 Å². The monoisotopic (exact) mass is 288 g/mol. The molecular weight excluding hydrogens is 264 g/mol. The molecule has 2 aliphatic rings. The molecule has 3 rings (SSSR count). The average Bonchev–Trinajstić information content (AvgIpc) is 3.22. The molecule has 4 nitrogen and oxygen atoms in total. The number of aliphatic carboxylic acids is 1. The van der Waals surface area contributed by atoms with Crippen LogP contribution >= 0.6 is 0 Å². The third kappa shape index (κ3) is 3.21. The van der Waals surface area contributed by atoms with Crippen LogP contribution in [0.5, 0.6) is 0 Å². The molecule has 0 amide bonds. The van der Waals surface area contributed by atoms with Crippen LogP contribution < -0.4 is 4.90 Å². The summed E-state index contributed by atoms with van der Waals surface area (Å²) in [6, 6.07) is 6.62. The number of hydrogen-bond acceptors (Lipinski definition) is 3. The average molecular weight is 288 g/mol. The van der Waals surface area contributed by atoms with Gasteiger partial charge < -0.3 is 10.0 Å². The molecule has 21 heavy (non-hydrogen) atoms. The molecule has 114 valence electrons. The molecule has 2 atom stereocenters. The van der Waals surface area contributed by atoms with Crippen molar-refractivity contribution in [3.05, 3.63) is 29.3 Å². The van der Waals surface area contributed by atoms with E-state index in [2.05, 4.69) is 41.8 Å². The first kappa shape index (κ1) is 14.4. The van der Waals surface area contributed by atoms with Crippen molar-refractivity contribution in [2.75, 3.05) is 37.6 Å². The SMILES string of the molecule is Cc1ccc(C)c(N2CCN(C[C@@H]3C[C@H]3C(=O)O)CC2)c1. The number of hydrogen-bond donors (Lipinski definition) is 1. The van der Waals surface area contributed by atoms with Crippen molar-refractivity contribution >= 4 is 11.7 Å². The lowest BCUT2D eigenvalue weighted by atomic mass is 10.1. The summed E-state index contributed by atoms with van der Waals surface area (Å²) in [5.41, 5.74) is 3.99. The van der Waals surface area contributed by atoms with Crippen LogP contribution in [0.4, 0.5) is 5.69 Å². The molecule has 1 heterocycles. The van der Waals surface area contributed by atoms with Crippen molar-refractivity contribution in [2.45, 2.75) is 20.3 Å². The Labute approximate surface area is 126 Å². The van der Waals surface area contributed by atoms with Crippen LogP contribution in [0.3, 0.4) is 0 Å². The fraction of sp³-hybridized carbons (Fsp3) is 0.588. The standard InChI is InChI=1S/C17H24N2O2/c1-12-3-4-13(2)16(9-12)19-7-5-18(6-8-19)11-14-10-15(14)17(20)21/h3-4,9,14-15H,5-8,10-11H2,1-2H3,(H,20,21)/t14-,15+/m0/s1.